The summed E-state index contributed by atoms with van der Waals surface area (Å²) in [6.07, 6.45) is 4.66. The molecule has 7 heteroatoms. The molecule has 7 nitrogen and oxygen atoms in total. The molecule has 0 spiro atoms. The first kappa shape index (κ1) is 20.1. The van der Waals surface area contributed by atoms with Crippen LogP contribution in [0.3, 0.4) is 0 Å². The van der Waals surface area contributed by atoms with Crippen molar-refractivity contribution in [3.63, 3.8) is 0 Å². The second kappa shape index (κ2) is 9.01. The van der Waals surface area contributed by atoms with Gasteiger partial charge in [0.1, 0.15) is 0 Å². The van der Waals surface area contributed by atoms with Gasteiger partial charge in [-0.2, -0.15) is 5.10 Å². The molecule has 3 rings (SSSR count). The average Bonchev–Trinajstić information content (AvgIpc) is 3.09. The molecule has 3 N–H and O–H groups in total. The Bertz CT molecular complexity index is 845. The fraction of sp³-hybridized carbons (Fsp3) is 0.476. The molecule has 2 amide bonds. The van der Waals surface area contributed by atoms with Crippen molar-refractivity contribution in [1.29, 1.82) is 0 Å². The number of aromatic nitrogens is 2. The van der Waals surface area contributed by atoms with Gasteiger partial charge in [0.15, 0.2) is 0 Å². The molecule has 0 radical (unpaired) electrons. The summed E-state index contributed by atoms with van der Waals surface area (Å²) in [4.78, 5) is 26.2. The van der Waals surface area contributed by atoms with Crippen LogP contribution in [0.15, 0.2) is 30.5 Å². The molecular weight excluding hydrogens is 354 g/mol. The maximum atomic E-state index is 12.6. The highest BCUT2D eigenvalue weighted by atomic mass is 16.2. The van der Waals surface area contributed by atoms with Gasteiger partial charge in [0, 0.05) is 44.0 Å². The van der Waals surface area contributed by atoms with Crippen LogP contribution >= 0.6 is 0 Å². The van der Waals surface area contributed by atoms with Crippen LogP contribution in [0.5, 0.6) is 0 Å². The van der Waals surface area contributed by atoms with E-state index >= 15 is 0 Å². The Kier molecular flexibility index (Phi) is 6.46. The van der Waals surface area contributed by atoms with E-state index in [4.69, 9.17) is 5.73 Å². The number of benzene rings is 1. The highest BCUT2D eigenvalue weighted by molar-refractivity contribution is 5.95. The summed E-state index contributed by atoms with van der Waals surface area (Å²) in [6.45, 7) is 4.96. The minimum Gasteiger partial charge on any atom is -0.369 e. The number of carbonyl (C=O) groups is 2. The molecule has 0 aliphatic carbocycles. The molecule has 1 aromatic carbocycles. The Hall–Kier alpha value is -2.67. The van der Waals surface area contributed by atoms with Crippen LogP contribution in [0.25, 0.3) is 11.1 Å². The quantitative estimate of drug-likeness (QED) is 0.759. The predicted molar refractivity (Wildman–Crippen MR) is 109 cm³/mol. The number of rotatable bonds is 7. The Morgan fingerprint density at radius 3 is 2.93 bits per heavy atom. The molecule has 1 saturated heterocycles. The van der Waals surface area contributed by atoms with Gasteiger partial charge >= 0.3 is 0 Å². The van der Waals surface area contributed by atoms with Crippen molar-refractivity contribution >= 4 is 11.8 Å². The molecule has 1 fully saturated rings. The molecular formula is C21H29N5O2. The number of carbonyl (C=O) groups excluding carboxylic acids is 2. The lowest BCUT2D eigenvalue weighted by molar-refractivity contribution is -0.123. The van der Waals surface area contributed by atoms with Crippen LogP contribution in [0.1, 0.15) is 35.8 Å². The van der Waals surface area contributed by atoms with E-state index in [1.807, 2.05) is 37.5 Å². The van der Waals surface area contributed by atoms with Gasteiger partial charge in [-0.05, 0) is 43.5 Å². The number of hydrogen-bond acceptors (Lipinski definition) is 4. The first-order valence-corrected chi connectivity index (χ1v) is 9.90. The lowest BCUT2D eigenvalue weighted by atomic mass is 9.97. The van der Waals surface area contributed by atoms with Crippen molar-refractivity contribution in [2.75, 3.05) is 26.2 Å². The molecule has 28 heavy (non-hydrogen) atoms. The lowest BCUT2D eigenvalue weighted by Gasteiger charge is -2.31. The van der Waals surface area contributed by atoms with Crippen molar-refractivity contribution in [1.82, 2.24) is 20.0 Å². The van der Waals surface area contributed by atoms with Crippen LogP contribution in [0, 0.1) is 5.92 Å². The van der Waals surface area contributed by atoms with Crippen molar-refractivity contribution < 1.29 is 9.59 Å². The third-order valence-electron chi connectivity index (χ3n) is 5.30. The third kappa shape index (κ3) is 4.78. The van der Waals surface area contributed by atoms with Gasteiger partial charge in [-0.25, -0.2) is 0 Å². The van der Waals surface area contributed by atoms with Crippen molar-refractivity contribution in [3.05, 3.63) is 41.7 Å². The van der Waals surface area contributed by atoms with Gasteiger partial charge < -0.3 is 16.0 Å². The molecule has 150 valence electrons. The van der Waals surface area contributed by atoms with E-state index in [1.165, 1.54) is 0 Å². The van der Waals surface area contributed by atoms with E-state index in [0.717, 1.165) is 49.2 Å². The SMILES string of the molecule is CCc1nn(C)cc1-c1cccc(C(=O)NCCN2CCC[C@H](C(N)=O)C2)c1. The zero-order chi connectivity index (χ0) is 20.1. The summed E-state index contributed by atoms with van der Waals surface area (Å²) in [6, 6.07) is 7.64. The largest absolute Gasteiger partial charge is 0.369 e. The van der Waals surface area contributed by atoms with E-state index in [1.54, 1.807) is 4.68 Å². The highest BCUT2D eigenvalue weighted by Gasteiger charge is 2.23. The number of nitrogens with two attached hydrogens (primary N) is 1. The van der Waals surface area contributed by atoms with Gasteiger partial charge in [0.05, 0.1) is 11.6 Å². The summed E-state index contributed by atoms with van der Waals surface area (Å²) in [7, 11) is 1.91. The maximum Gasteiger partial charge on any atom is 0.251 e. The Labute approximate surface area is 165 Å². The van der Waals surface area contributed by atoms with Crippen LogP contribution in [0.4, 0.5) is 0 Å². The van der Waals surface area contributed by atoms with Gasteiger partial charge in [0.2, 0.25) is 5.91 Å². The number of primary amides is 1. The summed E-state index contributed by atoms with van der Waals surface area (Å²) < 4.78 is 1.80. The topological polar surface area (TPSA) is 93.2 Å². The molecule has 0 saturated carbocycles. The molecule has 1 aliphatic rings. The molecule has 2 heterocycles. The smallest absolute Gasteiger partial charge is 0.251 e. The van der Waals surface area contributed by atoms with Crippen LogP contribution in [0.2, 0.25) is 0 Å². The van der Waals surface area contributed by atoms with Gasteiger partial charge in [-0.15, -0.1) is 0 Å². The zero-order valence-corrected chi connectivity index (χ0v) is 16.6. The number of hydrogen-bond donors (Lipinski definition) is 2. The van der Waals surface area contributed by atoms with E-state index in [9.17, 15) is 9.59 Å². The van der Waals surface area contributed by atoms with Crippen LogP contribution < -0.4 is 11.1 Å². The van der Waals surface area contributed by atoms with E-state index < -0.39 is 0 Å². The molecule has 0 bridgehead atoms. The number of piperidine rings is 1. The first-order chi connectivity index (χ1) is 13.5. The van der Waals surface area contributed by atoms with E-state index in [-0.39, 0.29) is 17.7 Å². The summed E-state index contributed by atoms with van der Waals surface area (Å²) in [5.74, 6) is -0.395. The second-order valence-electron chi connectivity index (χ2n) is 7.40. The Morgan fingerprint density at radius 2 is 2.18 bits per heavy atom. The molecule has 1 atom stereocenters. The lowest BCUT2D eigenvalue weighted by Crippen LogP contribution is -2.44. The number of likely N-dealkylation sites (tertiary alicyclic amines) is 1. The maximum absolute atomic E-state index is 12.6. The van der Waals surface area contributed by atoms with Crippen molar-refractivity contribution in [2.24, 2.45) is 18.7 Å². The summed E-state index contributed by atoms with van der Waals surface area (Å²) in [5, 5.41) is 7.46. The fourth-order valence-corrected chi connectivity index (χ4v) is 3.79. The summed E-state index contributed by atoms with van der Waals surface area (Å²) in [5.41, 5.74) is 9.14. The monoisotopic (exact) mass is 383 g/mol. The first-order valence-electron chi connectivity index (χ1n) is 9.90. The van der Waals surface area contributed by atoms with E-state index in [0.29, 0.717) is 18.7 Å². The number of aryl methyl sites for hydroxylation is 2. The summed E-state index contributed by atoms with van der Waals surface area (Å²) >= 11 is 0. The molecule has 1 aliphatic heterocycles. The normalized spacial score (nSPS) is 17.4. The van der Waals surface area contributed by atoms with Gasteiger partial charge in [-0.1, -0.05) is 19.1 Å². The third-order valence-corrected chi connectivity index (χ3v) is 5.30. The van der Waals surface area contributed by atoms with Crippen molar-refractivity contribution in [2.45, 2.75) is 26.2 Å². The Balaban J connectivity index is 1.58. The molecule has 2 aromatic rings. The highest BCUT2D eigenvalue weighted by Crippen LogP contribution is 2.24. The standard InChI is InChI=1S/C21H29N5O2/c1-3-19-18(14-25(2)24-19)15-6-4-7-16(12-15)21(28)23-9-11-26-10-5-8-17(13-26)20(22)27/h4,6-7,12,14,17H,3,5,8-11,13H2,1-2H3,(H2,22,27)(H,23,28)/t17-/m0/s1. The van der Waals surface area contributed by atoms with Crippen molar-refractivity contribution in [3.8, 4) is 11.1 Å². The second-order valence-corrected chi connectivity index (χ2v) is 7.40. The molecule has 1 aromatic heterocycles. The Morgan fingerprint density at radius 1 is 1.36 bits per heavy atom. The van der Waals surface area contributed by atoms with Crippen LogP contribution in [-0.2, 0) is 18.3 Å². The molecule has 0 unspecified atom stereocenters. The minimum absolute atomic E-state index is 0.0756. The number of nitrogens with zero attached hydrogens (tertiary/aromatic N) is 3. The fourth-order valence-electron chi connectivity index (χ4n) is 3.79. The predicted octanol–water partition coefficient (Wildman–Crippen LogP) is 1.58. The number of amides is 2. The average molecular weight is 383 g/mol. The number of nitrogens with one attached hydrogen (secondary N) is 1. The zero-order valence-electron chi connectivity index (χ0n) is 16.6. The van der Waals surface area contributed by atoms with Crippen LogP contribution in [-0.4, -0.2) is 52.7 Å². The van der Waals surface area contributed by atoms with E-state index in [2.05, 4.69) is 22.2 Å². The van der Waals surface area contributed by atoms with Gasteiger partial charge in [-0.3, -0.25) is 14.3 Å². The minimum atomic E-state index is -0.229. The van der Waals surface area contributed by atoms with Gasteiger partial charge in [0.25, 0.3) is 5.91 Å².